The number of nitrogens with one attached hydrogen (secondary N) is 1. The number of aryl methyl sites for hydroxylation is 1. The van der Waals surface area contributed by atoms with Gasteiger partial charge in [0.1, 0.15) is 5.82 Å². The second kappa shape index (κ2) is 4.84. The zero-order valence-electron chi connectivity index (χ0n) is 10.7. The monoisotopic (exact) mass is 238 g/mol. The molecule has 1 atom stereocenters. The molecule has 0 spiro atoms. The van der Waals surface area contributed by atoms with E-state index in [0.717, 1.165) is 0 Å². The summed E-state index contributed by atoms with van der Waals surface area (Å²) in [5.41, 5.74) is 6.06. The maximum atomic E-state index is 13.3. The van der Waals surface area contributed by atoms with Crippen molar-refractivity contribution in [2.45, 2.75) is 39.3 Å². The van der Waals surface area contributed by atoms with Crippen LogP contribution in [0.2, 0.25) is 0 Å². The smallest absolute Gasteiger partial charge is 0.251 e. The van der Waals surface area contributed by atoms with Crippen LogP contribution in [0.25, 0.3) is 0 Å². The molecule has 0 saturated heterocycles. The third-order valence-corrected chi connectivity index (χ3v) is 3.01. The predicted molar refractivity (Wildman–Crippen MR) is 66.3 cm³/mol. The molecule has 3 nitrogen and oxygen atoms in total. The Morgan fingerprint density at radius 2 is 2.06 bits per heavy atom. The first-order chi connectivity index (χ1) is 7.74. The molecule has 0 radical (unpaired) electrons. The molecule has 1 unspecified atom stereocenters. The average Bonchev–Trinajstić information content (AvgIpc) is 2.21. The molecule has 1 rings (SSSR count). The fraction of sp³-hybridized carbons (Fsp3) is 0.462. The summed E-state index contributed by atoms with van der Waals surface area (Å²) in [7, 11) is 0. The lowest BCUT2D eigenvalue weighted by Gasteiger charge is -2.30. The summed E-state index contributed by atoms with van der Waals surface area (Å²) in [5, 5.41) is 2.79. The van der Waals surface area contributed by atoms with E-state index in [-0.39, 0.29) is 17.8 Å². The minimum Gasteiger partial charge on any atom is -0.346 e. The van der Waals surface area contributed by atoms with Crippen molar-refractivity contribution < 1.29 is 9.18 Å². The minimum absolute atomic E-state index is 0.193. The van der Waals surface area contributed by atoms with E-state index in [1.54, 1.807) is 19.1 Å². The van der Waals surface area contributed by atoms with Crippen LogP contribution in [0.3, 0.4) is 0 Å². The molecule has 4 heteroatoms. The maximum absolute atomic E-state index is 13.3. The van der Waals surface area contributed by atoms with Crippen LogP contribution in [0, 0.1) is 12.7 Å². The number of amides is 1. The van der Waals surface area contributed by atoms with Crippen LogP contribution in [0.15, 0.2) is 18.2 Å². The second-order valence-corrected chi connectivity index (χ2v) is 4.93. The van der Waals surface area contributed by atoms with Crippen molar-refractivity contribution in [2.75, 3.05) is 0 Å². The van der Waals surface area contributed by atoms with Gasteiger partial charge in [-0.25, -0.2) is 4.39 Å². The van der Waals surface area contributed by atoms with Gasteiger partial charge >= 0.3 is 0 Å². The Morgan fingerprint density at radius 1 is 1.47 bits per heavy atom. The summed E-state index contributed by atoms with van der Waals surface area (Å²) in [6.07, 6.45) is 0. The zero-order valence-corrected chi connectivity index (χ0v) is 10.7. The van der Waals surface area contributed by atoms with Crippen LogP contribution < -0.4 is 11.1 Å². The summed E-state index contributed by atoms with van der Waals surface area (Å²) in [6.45, 7) is 7.14. The number of benzene rings is 1. The molecule has 0 aliphatic rings. The highest BCUT2D eigenvalue weighted by atomic mass is 19.1. The maximum Gasteiger partial charge on any atom is 0.251 e. The number of carbonyl (C=O) groups is 1. The molecule has 17 heavy (non-hydrogen) atoms. The molecule has 1 aromatic rings. The minimum atomic E-state index is -0.529. The van der Waals surface area contributed by atoms with Gasteiger partial charge in [-0.2, -0.15) is 0 Å². The van der Waals surface area contributed by atoms with E-state index in [0.29, 0.717) is 11.1 Å². The molecule has 0 bridgehead atoms. The van der Waals surface area contributed by atoms with E-state index in [1.165, 1.54) is 6.07 Å². The lowest BCUT2D eigenvalue weighted by Crippen LogP contribution is -2.54. The number of hydrogen-bond acceptors (Lipinski definition) is 2. The molecule has 1 amide bonds. The molecule has 0 heterocycles. The first-order valence-electron chi connectivity index (χ1n) is 5.58. The Morgan fingerprint density at radius 3 is 2.53 bits per heavy atom. The normalized spacial score (nSPS) is 13.3. The summed E-state index contributed by atoms with van der Waals surface area (Å²) in [6, 6.07) is 4.23. The Bertz CT molecular complexity index is 427. The summed E-state index contributed by atoms with van der Waals surface area (Å²) in [4.78, 5) is 11.9. The van der Waals surface area contributed by atoms with Crippen molar-refractivity contribution >= 4 is 5.91 Å². The molecule has 0 fully saturated rings. The van der Waals surface area contributed by atoms with Crippen molar-refractivity contribution in [2.24, 2.45) is 5.73 Å². The van der Waals surface area contributed by atoms with Gasteiger partial charge in [-0.05, 0) is 45.4 Å². The topological polar surface area (TPSA) is 55.1 Å². The van der Waals surface area contributed by atoms with E-state index in [4.69, 9.17) is 5.73 Å². The molecule has 94 valence electrons. The highest BCUT2D eigenvalue weighted by Gasteiger charge is 2.25. The van der Waals surface area contributed by atoms with Gasteiger partial charge in [-0.1, -0.05) is 6.07 Å². The van der Waals surface area contributed by atoms with Gasteiger partial charge in [0.2, 0.25) is 0 Å². The Hall–Kier alpha value is -1.42. The number of rotatable bonds is 3. The fourth-order valence-corrected chi connectivity index (χ4v) is 1.21. The van der Waals surface area contributed by atoms with Gasteiger partial charge in [-0.3, -0.25) is 4.79 Å². The van der Waals surface area contributed by atoms with Crippen molar-refractivity contribution in [1.29, 1.82) is 0 Å². The van der Waals surface area contributed by atoms with Crippen LogP contribution in [-0.2, 0) is 0 Å². The second-order valence-electron chi connectivity index (χ2n) is 4.93. The summed E-state index contributed by atoms with van der Waals surface area (Å²) in [5.74, 6) is -0.692. The summed E-state index contributed by atoms with van der Waals surface area (Å²) < 4.78 is 13.3. The number of hydrogen-bond donors (Lipinski definition) is 2. The SMILES string of the molecule is Cc1ccc(C(=O)NC(C)(C)C(C)N)cc1F. The first-order valence-corrected chi connectivity index (χ1v) is 5.58. The molecule has 3 N–H and O–H groups in total. The van der Waals surface area contributed by atoms with Crippen LogP contribution in [0.1, 0.15) is 36.7 Å². The van der Waals surface area contributed by atoms with E-state index in [1.807, 2.05) is 20.8 Å². The lowest BCUT2D eigenvalue weighted by molar-refractivity contribution is 0.0903. The van der Waals surface area contributed by atoms with E-state index in [2.05, 4.69) is 5.32 Å². The van der Waals surface area contributed by atoms with Crippen molar-refractivity contribution in [3.8, 4) is 0 Å². The lowest BCUT2D eigenvalue weighted by atomic mass is 9.96. The number of carbonyl (C=O) groups excluding carboxylic acids is 1. The van der Waals surface area contributed by atoms with Crippen molar-refractivity contribution in [1.82, 2.24) is 5.32 Å². The Balaban J connectivity index is 2.87. The van der Waals surface area contributed by atoms with E-state index >= 15 is 0 Å². The van der Waals surface area contributed by atoms with Crippen molar-refractivity contribution in [3.05, 3.63) is 35.1 Å². The standard InChI is InChI=1S/C13H19FN2O/c1-8-5-6-10(7-11(8)14)12(17)16-13(3,4)9(2)15/h5-7,9H,15H2,1-4H3,(H,16,17). The molecule has 0 aliphatic carbocycles. The van der Waals surface area contributed by atoms with Gasteiger partial charge in [0.15, 0.2) is 0 Å². The molecule has 1 aromatic carbocycles. The third-order valence-electron chi connectivity index (χ3n) is 3.01. The van der Waals surface area contributed by atoms with Gasteiger partial charge in [0.05, 0.1) is 0 Å². The van der Waals surface area contributed by atoms with Gasteiger partial charge in [-0.15, -0.1) is 0 Å². The molecule has 0 aromatic heterocycles. The van der Waals surface area contributed by atoms with Gasteiger partial charge in [0.25, 0.3) is 5.91 Å². The largest absolute Gasteiger partial charge is 0.346 e. The highest BCUT2D eigenvalue weighted by molar-refractivity contribution is 5.94. The molecule has 0 aliphatic heterocycles. The van der Waals surface area contributed by atoms with Gasteiger partial charge in [0, 0.05) is 17.1 Å². The zero-order chi connectivity index (χ0) is 13.2. The van der Waals surface area contributed by atoms with E-state index in [9.17, 15) is 9.18 Å². The molecular weight excluding hydrogens is 219 g/mol. The summed E-state index contributed by atoms with van der Waals surface area (Å²) >= 11 is 0. The third kappa shape index (κ3) is 3.27. The highest BCUT2D eigenvalue weighted by Crippen LogP contribution is 2.12. The van der Waals surface area contributed by atoms with Gasteiger partial charge < -0.3 is 11.1 Å². The Labute approximate surface area is 101 Å². The number of nitrogens with two attached hydrogens (primary N) is 1. The molecular formula is C13H19FN2O. The average molecular weight is 238 g/mol. The van der Waals surface area contributed by atoms with Crippen LogP contribution >= 0.6 is 0 Å². The predicted octanol–water partition coefficient (Wildman–Crippen LogP) is 1.99. The quantitative estimate of drug-likeness (QED) is 0.846. The number of halogens is 1. The van der Waals surface area contributed by atoms with Crippen molar-refractivity contribution in [3.63, 3.8) is 0 Å². The Kier molecular flexibility index (Phi) is 3.88. The first kappa shape index (κ1) is 13.6. The van der Waals surface area contributed by atoms with Crippen LogP contribution in [0.5, 0.6) is 0 Å². The molecule has 0 saturated carbocycles. The fourth-order valence-electron chi connectivity index (χ4n) is 1.21. The van der Waals surface area contributed by atoms with E-state index < -0.39 is 5.54 Å². The van der Waals surface area contributed by atoms with Crippen LogP contribution in [-0.4, -0.2) is 17.5 Å². The van der Waals surface area contributed by atoms with Crippen LogP contribution in [0.4, 0.5) is 4.39 Å².